The Morgan fingerprint density at radius 1 is 0.867 bits per heavy atom. The van der Waals surface area contributed by atoms with Gasteiger partial charge in [-0.1, -0.05) is 0 Å². The lowest BCUT2D eigenvalue weighted by Crippen LogP contribution is -2.39. The molecule has 15 heavy (non-hydrogen) atoms. The smallest absolute Gasteiger partial charge is 0.0204 e. The first-order chi connectivity index (χ1) is 7.36. The molecule has 5 aliphatic carbocycles. The largest absolute Gasteiger partial charge is 0.0499 e. The van der Waals surface area contributed by atoms with E-state index in [1.807, 2.05) is 5.92 Å². The van der Waals surface area contributed by atoms with Crippen molar-refractivity contribution >= 4 is 0 Å². The average molecular weight is 203 g/mol. The lowest BCUT2D eigenvalue weighted by molar-refractivity contribution is 0.0821. The van der Waals surface area contributed by atoms with Gasteiger partial charge in [-0.3, -0.25) is 0 Å². The van der Waals surface area contributed by atoms with Gasteiger partial charge in [-0.15, -0.1) is 0 Å². The molecule has 0 saturated heterocycles. The van der Waals surface area contributed by atoms with Gasteiger partial charge in [-0.05, 0) is 93.3 Å². The Kier molecular flexibility index (Phi) is 1.83. The van der Waals surface area contributed by atoms with Gasteiger partial charge < -0.3 is 0 Å². The van der Waals surface area contributed by atoms with E-state index in [2.05, 4.69) is 0 Å². The first-order valence-corrected chi connectivity index (χ1v) is 7.20. The minimum Gasteiger partial charge on any atom is -0.0499 e. The fourth-order valence-corrected chi connectivity index (χ4v) is 5.54. The van der Waals surface area contributed by atoms with Gasteiger partial charge in [0.1, 0.15) is 0 Å². The van der Waals surface area contributed by atoms with E-state index in [1.54, 1.807) is 51.4 Å². The predicted molar refractivity (Wildman–Crippen MR) is 62.3 cm³/mol. The maximum Gasteiger partial charge on any atom is -0.0204 e. The van der Waals surface area contributed by atoms with Crippen LogP contribution in [0.25, 0.3) is 0 Å². The van der Waals surface area contributed by atoms with Gasteiger partial charge in [0.05, 0.1) is 0 Å². The first kappa shape index (κ1) is 9.07. The number of rotatable bonds is 1. The van der Waals surface area contributed by atoms with Gasteiger partial charge >= 0.3 is 0 Å². The molecule has 0 aromatic rings. The van der Waals surface area contributed by atoms with E-state index >= 15 is 0 Å². The molecule has 1 radical (unpaired) electrons. The quantitative estimate of drug-likeness (QED) is 0.594. The zero-order valence-corrected chi connectivity index (χ0v) is 9.80. The number of hydrogen-bond acceptors (Lipinski definition) is 0. The molecular weight excluding hydrogens is 180 g/mol. The molecule has 0 heteroatoms. The fourth-order valence-electron chi connectivity index (χ4n) is 5.54. The fraction of sp³-hybridized carbons (Fsp3) is 0.933. The average Bonchev–Trinajstić information content (AvgIpc) is 2.92. The standard InChI is InChI=1S/C15H23/c1-3-13-4-2-11(1)9-14(13)15-7-5-12(10-15)6-8-15/h11-12,14H,1-10H2. The molecule has 0 nitrogen and oxygen atoms in total. The lowest BCUT2D eigenvalue weighted by atomic mass is 9.55. The van der Waals surface area contributed by atoms with Crippen LogP contribution in [0, 0.1) is 29.1 Å². The summed E-state index contributed by atoms with van der Waals surface area (Å²) in [6.07, 6.45) is 15.7. The summed E-state index contributed by atoms with van der Waals surface area (Å²) in [5.41, 5.74) is 0.846. The van der Waals surface area contributed by atoms with Crippen LogP contribution in [0.3, 0.4) is 0 Å². The molecule has 5 rings (SSSR count). The van der Waals surface area contributed by atoms with E-state index < -0.39 is 0 Å². The van der Waals surface area contributed by atoms with Gasteiger partial charge in [0.15, 0.2) is 0 Å². The van der Waals surface area contributed by atoms with Crippen LogP contribution in [0.15, 0.2) is 0 Å². The SMILES string of the molecule is C1CC2CC[C]1C(C13CCC(CC1)C3)C2. The van der Waals surface area contributed by atoms with Crippen molar-refractivity contribution in [3.63, 3.8) is 0 Å². The maximum atomic E-state index is 2.01. The third-order valence-corrected chi connectivity index (χ3v) is 6.34. The van der Waals surface area contributed by atoms with Crippen LogP contribution in [-0.4, -0.2) is 0 Å². The normalized spacial score (nSPS) is 54.0. The Balaban J connectivity index is 1.62. The number of fused-ring (bicyclic) bond motifs is 6. The summed E-state index contributed by atoms with van der Waals surface area (Å²) in [4.78, 5) is 0. The van der Waals surface area contributed by atoms with E-state index in [1.165, 1.54) is 12.8 Å². The van der Waals surface area contributed by atoms with Crippen LogP contribution in [-0.2, 0) is 0 Å². The van der Waals surface area contributed by atoms with Gasteiger partial charge in [-0.2, -0.15) is 0 Å². The molecule has 5 aliphatic rings. The van der Waals surface area contributed by atoms with Crippen molar-refractivity contribution < 1.29 is 0 Å². The Morgan fingerprint density at radius 2 is 1.60 bits per heavy atom. The summed E-state index contributed by atoms with van der Waals surface area (Å²) < 4.78 is 0. The molecule has 1 atom stereocenters. The van der Waals surface area contributed by atoms with E-state index in [0.717, 1.165) is 23.2 Å². The minimum absolute atomic E-state index is 0.846. The third-order valence-electron chi connectivity index (χ3n) is 6.34. The summed E-state index contributed by atoms with van der Waals surface area (Å²) in [5, 5.41) is 0. The van der Waals surface area contributed by atoms with Crippen LogP contribution in [0.4, 0.5) is 0 Å². The van der Waals surface area contributed by atoms with Gasteiger partial charge in [-0.25, -0.2) is 0 Å². The van der Waals surface area contributed by atoms with Crippen molar-refractivity contribution in [1.82, 2.24) is 0 Å². The molecule has 0 aromatic heterocycles. The second-order valence-electron chi connectivity index (χ2n) is 6.90. The summed E-state index contributed by atoms with van der Waals surface area (Å²) in [7, 11) is 0. The van der Waals surface area contributed by atoms with Crippen molar-refractivity contribution in [3.05, 3.63) is 5.92 Å². The van der Waals surface area contributed by atoms with Crippen molar-refractivity contribution in [2.45, 2.75) is 64.2 Å². The molecule has 5 fully saturated rings. The highest BCUT2D eigenvalue weighted by molar-refractivity contribution is 5.14. The van der Waals surface area contributed by atoms with Crippen molar-refractivity contribution in [2.24, 2.45) is 23.2 Å². The Bertz CT molecular complexity index is 251. The molecular formula is C15H23. The highest BCUT2D eigenvalue weighted by atomic mass is 14.6. The van der Waals surface area contributed by atoms with Crippen molar-refractivity contribution in [2.75, 3.05) is 0 Å². The van der Waals surface area contributed by atoms with Crippen LogP contribution < -0.4 is 0 Å². The Labute approximate surface area is 93.8 Å². The van der Waals surface area contributed by atoms with Gasteiger partial charge in [0, 0.05) is 0 Å². The molecule has 0 spiro atoms. The highest BCUT2D eigenvalue weighted by Crippen LogP contribution is 2.65. The monoisotopic (exact) mass is 203 g/mol. The predicted octanol–water partition coefficient (Wildman–Crippen LogP) is 4.35. The molecule has 0 aromatic carbocycles. The third kappa shape index (κ3) is 1.20. The Morgan fingerprint density at radius 3 is 2.07 bits per heavy atom. The second kappa shape index (κ2) is 3.02. The lowest BCUT2D eigenvalue weighted by Gasteiger charge is -2.50. The zero-order chi connectivity index (χ0) is 9.88. The summed E-state index contributed by atoms with van der Waals surface area (Å²) in [6, 6.07) is 0. The van der Waals surface area contributed by atoms with Crippen LogP contribution in [0.2, 0.25) is 0 Å². The molecule has 5 saturated carbocycles. The maximum absolute atomic E-state index is 2.01. The van der Waals surface area contributed by atoms with Crippen molar-refractivity contribution in [3.8, 4) is 0 Å². The molecule has 4 bridgehead atoms. The van der Waals surface area contributed by atoms with Crippen LogP contribution in [0.5, 0.6) is 0 Å². The number of hydrogen-bond donors (Lipinski definition) is 0. The molecule has 83 valence electrons. The zero-order valence-electron chi connectivity index (χ0n) is 9.80. The minimum atomic E-state index is 0.846. The van der Waals surface area contributed by atoms with Gasteiger partial charge in [0.2, 0.25) is 0 Å². The molecule has 0 amide bonds. The molecule has 1 unspecified atom stereocenters. The molecule has 0 heterocycles. The van der Waals surface area contributed by atoms with E-state index in [0.29, 0.717) is 0 Å². The highest BCUT2D eigenvalue weighted by Gasteiger charge is 2.53. The molecule has 0 N–H and O–H groups in total. The van der Waals surface area contributed by atoms with E-state index in [9.17, 15) is 0 Å². The van der Waals surface area contributed by atoms with Crippen molar-refractivity contribution in [1.29, 1.82) is 0 Å². The molecule has 0 aliphatic heterocycles. The Hall–Kier alpha value is 0. The van der Waals surface area contributed by atoms with Gasteiger partial charge in [0.25, 0.3) is 0 Å². The summed E-state index contributed by atoms with van der Waals surface area (Å²) >= 11 is 0. The first-order valence-electron chi connectivity index (χ1n) is 7.20. The van der Waals surface area contributed by atoms with Crippen LogP contribution in [0.1, 0.15) is 64.2 Å². The summed E-state index contributed by atoms with van der Waals surface area (Å²) in [5.74, 6) is 5.38. The summed E-state index contributed by atoms with van der Waals surface area (Å²) in [6.45, 7) is 0. The van der Waals surface area contributed by atoms with E-state index in [-0.39, 0.29) is 0 Å². The topological polar surface area (TPSA) is 0 Å². The van der Waals surface area contributed by atoms with E-state index in [4.69, 9.17) is 0 Å². The second-order valence-corrected chi connectivity index (χ2v) is 6.90. The van der Waals surface area contributed by atoms with Crippen LogP contribution >= 0.6 is 0 Å².